The van der Waals surface area contributed by atoms with E-state index >= 15 is 0 Å². The number of hydrogen-bond donors (Lipinski definition) is 0. The maximum atomic E-state index is 12.3. The van der Waals surface area contributed by atoms with E-state index in [0.717, 1.165) is 0 Å². The summed E-state index contributed by atoms with van der Waals surface area (Å²) in [5.41, 5.74) is 0.429. The van der Waals surface area contributed by atoms with Crippen LogP contribution in [-0.2, 0) is 72.1 Å². The van der Waals surface area contributed by atoms with Crippen molar-refractivity contribution in [2.24, 2.45) is 0 Å². The van der Waals surface area contributed by atoms with Gasteiger partial charge in [-0.15, -0.1) is 16.7 Å². The number of alkyl halides is 1. The molecule has 7 aromatic carbocycles. The van der Waals surface area contributed by atoms with E-state index in [1.807, 2.05) is 212 Å². The minimum atomic E-state index is -4.80. The minimum absolute atomic E-state index is 0.0722. The van der Waals surface area contributed by atoms with Gasteiger partial charge in [0.15, 0.2) is 0 Å². The van der Waals surface area contributed by atoms with E-state index in [-0.39, 0.29) is 19.2 Å². The molecule has 6 aliphatic heterocycles. The lowest BCUT2D eigenvalue weighted by atomic mass is 10.4. The summed E-state index contributed by atoms with van der Waals surface area (Å²) in [5, 5.41) is 11.6. The number of rotatable bonds is 14. The van der Waals surface area contributed by atoms with E-state index in [1.54, 1.807) is 17.8 Å². The number of aromatic nitrogens is 3. The van der Waals surface area contributed by atoms with E-state index in [0.29, 0.717) is 48.4 Å². The average Bonchev–Trinajstić information content (AvgIpc) is 4.07. The molecule has 0 saturated carbocycles. The maximum absolute atomic E-state index is 12.3. The first-order chi connectivity index (χ1) is 37.5. The molecular formula is C51H48ClN3O14Si8. The molecule has 0 spiro atoms. The lowest BCUT2D eigenvalue weighted by Gasteiger charge is -2.62. The molecule has 17 nitrogen and oxygen atoms in total. The molecule has 77 heavy (non-hydrogen) atoms. The highest BCUT2D eigenvalue weighted by atomic mass is 35.5. The van der Waals surface area contributed by atoms with Crippen LogP contribution in [0.5, 0.6) is 0 Å². The summed E-state index contributed by atoms with van der Waals surface area (Å²) in [6.45, 7) is 1.71. The Labute approximate surface area is 457 Å². The number of carbonyl (C=O) groups excluding carboxylic acids is 1. The van der Waals surface area contributed by atoms with Gasteiger partial charge in [0.05, 0.1) is 6.20 Å². The number of halogens is 1. The minimum Gasteiger partial charge on any atom is -0.458 e. The highest BCUT2D eigenvalue weighted by Crippen LogP contribution is 2.49. The lowest BCUT2D eigenvalue weighted by molar-refractivity contribution is -0.144. The summed E-state index contributed by atoms with van der Waals surface area (Å²) in [5.74, 6) is -0.569. The Morgan fingerprint density at radius 2 is 0.701 bits per heavy atom. The molecule has 6 fully saturated rings. The van der Waals surface area contributed by atoms with Crippen LogP contribution in [0.2, 0.25) is 6.04 Å². The normalized spacial score (nSPS) is 31.5. The Kier molecular flexibility index (Phi) is 13.4. The van der Waals surface area contributed by atoms with Crippen LogP contribution in [0, 0.1) is 0 Å². The first kappa shape index (κ1) is 51.2. The van der Waals surface area contributed by atoms with Crippen LogP contribution in [0.25, 0.3) is 0 Å². The zero-order valence-electron chi connectivity index (χ0n) is 41.1. The molecular weight excluding hydrogens is 1140 g/mol. The molecule has 6 aliphatic rings. The van der Waals surface area contributed by atoms with Crippen molar-refractivity contribution >= 4 is 124 Å². The van der Waals surface area contributed by atoms with Crippen molar-refractivity contribution in [1.29, 1.82) is 0 Å². The Bertz CT molecular complexity index is 3090. The third-order valence-corrected chi connectivity index (χ3v) is 48.1. The lowest BCUT2D eigenvalue weighted by Crippen LogP contribution is -2.95. The van der Waals surface area contributed by atoms with Gasteiger partial charge in [-0.2, -0.15) is 0 Å². The number of aryl methyl sites for hydroxylation is 1. The van der Waals surface area contributed by atoms with Crippen LogP contribution in [0.3, 0.4) is 0 Å². The molecule has 1 atom stereocenters. The van der Waals surface area contributed by atoms with E-state index < -0.39 is 81.8 Å². The van der Waals surface area contributed by atoms with Crippen LogP contribution in [0.4, 0.5) is 0 Å². The second-order valence-corrected chi connectivity index (χ2v) is 42.8. The van der Waals surface area contributed by atoms with E-state index in [2.05, 4.69) is 10.3 Å². The Hall–Kier alpha value is -5.30. The van der Waals surface area contributed by atoms with Crippen LogP contribution in [0.1, 0.15) is 19.0 Å². The fourth-order valence-corrected chi connectivity index (χ4v) is 56.5. The number of carbonyl (C=O) groups is 1. The van der Waals surface area contributed by atoms with Crippen molar-refractivity contribution in [3.8, 4) is 0 Å². The van der Waals surface area contributed by atoms with Gasteiger partial charge in [0, 0.05) is 48.9 Å². The Balaban J connectivity index is 1.13. The first-order valence-electron chi connectivity index (χ1n) is 25.0. The van der Waals surface area contributed by atoms with Gasteiger partial charge in [-0.05, 0) is 13.3 Å². The van der Waals surface area contributed by atoms with Crippen LogP contribution >= 0.6 is 11.6 Å². The quantitative estimate of drug-likeness (QED) is 0.0882. The van der Waals surface area contributed by atoms with Gasteiger partial charge in [0.2, 0.25) is 0 Å². The maximum Gasteiger partial charge on any atom is 0.515 e. The van der Waals surface area contributed by atoms with Gasteiger partial charge < -0.3 is 54.1 Å². The molecule has 0 amide bonds. The van der Waals surface area contributed by atoms with Crippen LogP contribution < -0.4 is 36.3 Å². The average molecular weight is 1190 g/mol. The fraction of sp³-hybridized carbons (Fsp3) is 0.118. The van der Waals surface area contributed by atoms with Gasteiger partial charge in [0.1, 0.15) is 17.7 Å². The zero-order chi connectivity index (χ0) is 52.2. The Morgan fingerprint density at radius 3 is 0.961 bits per heavy atom. The summed E-state index contributed by atoms with van der Waals surface area (Å²) in [7, 11) is -38.3. The van der Waals surface area contributed by atoms with Gasteiger partial charge >= 0.3 is 76.4 Å². The highest BCUT2D eigenvalue weighted by molar-refractivity contribution is 7.13. The summed E-state index contributed by atoms with van der Waals surface area (Å²) in [6.07, 6.45) is 2.02. The van der Waals surface area contributed by atoms with Gasteiger partial charge in [-0.3, -0.25) is 9.48 Å². The zero-order valence-corrected chi connectivity index (χ0v) is 49.9. The van der Waals surface area contributed by atoms with Crippen molar-refractivity contribution in [1.82, 2.24) is 15.0 Å². The van der Waals surface area contributed by atoms with Gasteiger partial charge in [0.25, 0.3) is 0 Å². The van der Waals surface area contributed by atoms with E-state index in [9.17, 15) is 4.79 Å². The van der Waals surface area contributed by atoms with Gasteiger partial charge in [-0.1, -0.05) is 218 Å². The van der Waals surface area contributed by atoms with Crippen LogP contribution in [0.15, 0.2) is 219 Å². The molecule has 0 radical (unpaired) electrons. The predicted octanol–water partition coefficient (Wildman–Crippen LogP) is 3.47. The molecule has 8 bridgehead atoms. The fourth-order valence-electron chi connectivity index (χ4n) is 9.82. The number of esters is 1. The predicted molar refractivity (Wildman–Crippen MR) is 296 cm³/mol. The molecule has 0 aliphatic carbocycles. The molecule has 390 valence electrons. The first-order valence-corrected chi connectivity index (χ1v) is 39.4. The molecule has 26 heteroatoms. The number of hydrogen-bond acceptors (Lipinski definition) is 16. The largest absolute Gasteiger partial charge is 0.515 e. The number of benzene rings is 7. The van der Waals surface area contributed by atoms with E-state index in [4.69, 9.17) is 65.7 Å². The smallest absolute Gasteiger partial charge is 0.458 e. The molecule has 8 aromatic rings. The van der Waals surface area contributed by atoms with Gasteiger partial charge in [-0.25, -0.2) is 0 Å². The topological polar surface area (TPSA) is 168 Å². The highest BCUT2D eigenvalue weighted by Gasteiger charge is 2.86. The van der Waals surface area contributed by atoms with Crippen molar-refractivity contribution in [2.45, 2.75) is 37.9 Å². The summed E-state index contributed by atoms with van der Waals surface area (Å²) < 4.78 is 105. The third-order valence-electron chi connectivity index (χ3n) is 13.3. The van der Waals surface area contributed by atoms with Crippen LogP contribution in [-0.4, -0.2) is 96.8 Å². The standard InChI is InChI=1S/C51H48ClN3O14Si8/c1-42(52)51(56)57-41-43-40-55(54-53-43)38-23-39-70-58-71(44-24-9-2-10-25-44)61-74(47-30-15-5-16-31-47)63-72(59-70,45-26-11-3-12-27-45)65-76(49-34-19-7-20-35-49)66-73(60-70,46-28-13-4-14-29-46)64-75(62-71,48-32-17-6-18-33-48)68-77(67-74,69-76)50-36-21-8-22-37-50/h2-22,24-37,40,42H,23,38-39,41H2,1H3. The third kappa shape index (κ3) is 9.27. The molecule has 1 aromatic heterocycles. The monoisotopic (exact) mass is 1190 g/mol. The van der Waals surface area contributed by atoms with Crippen molar-refractivity contribution in [2.75, 3.05) is 0 Å². The second-order valence-electron chi connectivity index (χ2n) is 18.7. The van der Waals surface area contributed by atoms with Crippen molar-refractivity contribution < 1.29 is 58.9 Å². The summed E-state index contributed by atoms with van der Waals surface area (Å²) in [6, 6.07) is 66.7. The van der Waals surface area contributed by atoms with E-state index in [1.165, 1.54) is 0 Å². The molecule has 0 N–H and O–H groups in total. The SMILES string of the molecule is CC(Cl)C(=O)OCc1cn(CCC[Si]23O[Si]4(c5ccccc5)O[Si]5(c6ccccc6)O[Si](c6ccccc6)(O2)O[Si]2(c6ccccc6)O[Si](c6ccccc6)(O3)O[Si](c3ccccc3)(O4)O[Si](c3ccccc3)(O5)O2)nn1. The molecule has 6 saturated heterocycles. The van der Waals surface area contributed by atoms with Crippen molar-refractivity contribution in [3.63, 3.8) is 0 Å². The number of ether oxygens (including phenoxy) is 1. The number of nitrogens with zero attached hydrogens (tertiary/aromatic N) is 3. The molecule has 7 heterocycles. The molecule has 14 rings (SSSR count). The second kappa shape index (κ2) is 20.1. The summed E-state index contributed by atoms with van der Waals surface area (Å²) >= 11 is 5.99. The Morgan fingerprint density at radius 1 is 0.442 bits per heavy atom. The molecule has 1 unspecified atom stereocenters. The van der Waals surface area contributed by atoms with Crippen molar-refractivity contribution in [3.05, 3.63) is 224 Å². The summed E-state index contributed by atoms with van der Waals surface area (Å²) in [4.78, 5) is 12.3.